The molecule has 2 saturated heterocycles. The van der Waals surface area contributed by atoms with E-state index >= 15 is 0 Å². The zero-order valence-corrected chi connectivity index (χ0v) is 26.9. The second-order valence-corrected chi connectivity index (χ2v) is 22.3. The lowest BCUT2D eigenvalue weighted by Crippen LogP contribution is -2.69. The van der Waals surface area contributed by atoms with Crippen molar-refractivity contribution in [2.75, 3.05) is 12.9 Å². The van der Waals surface area contributed by atoms with E-state index in [1.807, 2.05) is 11.8 Å². The van der Waals surface area contributed by atoms with Crippen molar-refractivity contribution in [3.05, 3.63) is 29.8 Å². The smallest absolute Gasteiger partial charge is 0.338 e. The Labute approximate surface area is 230 Å². The summed E-state index contributed by atoms with van der Waals surface area (Å²) in [5, 5.41) is 0. The number of carbonyl (C=O) groups excluding carboxylic acids is 1. The molecular weight excluding hydrogens is 521 g/mol. The number of thioether (sulfide) groups is 1. The molecule has 2 heterocycles. The van der Waals surface area contributed by atoms with E-state index in [4.69, 9.17) is 22.4 Å². The summed E-state index contributed by atoms with van der Waals surface area (Å²) in [5.74, 6) is 1.11. The first-order chi connectivity index (χ1) is 17.4. The third-order valence-electron chi connectivity index (χ3n) is 8.67. The minimum absolute atomic E-state index is 0.0509. The van der Waals surface area contributed by atoms with E-state index < -0.39 is 17.1 Å². The van der Waals surface area contributed by atoms with Gasteiger partial charge in [0.2, 0.25) is 0 Å². The molecule has 1 unspecified atom stereocenters. The second kappa shape index (κ2) is 11.0. The summed E-state index contributed by atoms with van der Waals surface area (Å²) in [6.45, 7) is 18.1. The molecule has 0 radical (unpaired) electrons. The highest BCUT2D eigenvalue weighted by molar-refractivity contribution is 8.01. The van der Waals surface area contributed by atoms with Crippen molar-refractivity contribution >= 4 is 34.9 Å². The monoisotopic (exact) mass is 566 g/mol. The Bertz CT molecular complexity index is 936. The Morgan fingerprint density at radius 3 is 2.05 bits per heavy atom. The van der Waals surface area contributed by atoms with E-state index in [0.29, 0.717) is 28.1 Å². The molecule has 1 aromatic carbocycles. The number of esters is 1. The van der Waals surface area contributed by atoms with E-state index in [1.165, 1.54) is 0 Å². The first kappa shape index (κ1) is 29.1. The molecule has 2 aliphatic heterocycles. The van der Waals surface area contributed by atoms with Gasteiger partial charge in [0.05, 0.1) is 23.5 Å². The van der Waals surface area contributed by atoms with Gasteiger partial charge in [-0.2, -0.15) is 0 Å². The molecule has 1 spiro atoms. The molecule has 37 heavy (non-hydrogen) atoms. The number of hydrogen-bond donors (Lipinski definition) is 0. The Balaban J connectivity index is 1.74. The standard InChI is InChI=1S/C28H46O6SSi2/c1-18(2)36(19(3)4)32-25-11-10-16-28(25)26(33-37(34-36,20(5)6)21(7)8)24(17-35-28)31-27(29)22-12-14-23(30-9)15-13-22/h12-15,18-21,24-26H,10-11,16-17H2,1-9H3/t24-,25+,26-,28?/m0/s1. The minimum Gasteiger partial charge on any atom is -0.497 e. The van der Waals surface area contributed by atoms with Gasteiger partial charge in [-0.3, -0.25) is 0 Å². The Kier molecular flexibility index (Phi) is 8.64. The number of benzene rings is 1. The van der Waals surface area contributed by atoms with Crippen LogP contribution in [0.25, 0.3) is 0 Å². The summed E-state index contributed by atoms with van der Waals surface area (Å²) in [4.78, 5) is 13.3. The molecule has 3 fully saturated rings. The summed E-state index contributed by atoms with van der Waals surface area (Å²) < 4.78 is 33.5. The highest BCUT2D eigenvalue weighted by Crippen LogP contribution is 2.59. The van der Waals surface area contributed by atoms with Gasteiger partial charge in [-0.1, -0.05) is 55.4 Å². The SMILES string of the molecule is COc1ccc(C(=O)O[C@H]2CSC34CCC[C@H]3O[Si](C(C)C)(C(C)C)O[Si](C(C)C)(C(C)C)O[C@@H]24)cc1. The maximum Gasteiger partial charge on any atom is 0.338 e. The Hall–Kier alpha value is -0.846. The average Bonchev–Trinajstić information content (AvgIpc) is 3.39. The average molecular weight is 567 g/mol. The first-order valence-corrected chi connectivity index (χ1v) is 18.9. The van der Waals surface area contributed by atoms with Crippen LogP contribution in [0.2, 0.25) is 22.2 Å². The number of carbonyl (C=O) groups is 1. The number of ether oxygens (including phenoxy) is 2. The van der Waals surface area contributed by atoms with E-state index in [-0.39, 0.29) is 40.1 Å². The van der Waals surface area contributed by atoms with Crippen LogP contribution in [0.1, 0.15) is 85.0 Å². The number of methoxy groups -OCH3 is 1. The molecule has 0 bridgehead atoms. The zero-order valence-electron chi connectivity index (χ0n) is 24.0. The van der Waals surface area contributed by atoms with Crippen LogP contribution in [0.3, 0.4) is 0 Å². The van der Waals surface area contributed by atoms with E-state index in [0.717, 1.165) is 19.3 Å². The van der Waals surface area contributed by atoms with Crippen molar-refractivity contribution in [3.63, 3.8) is 0 Å². The summed E-state index contributed by atoms with van der Waals surface area (Å²) in [7, 11) is -3.83. The second-order valence-electron chi connectivity index (χ2n) is 12.1. The molecule has 6 nitrogen and oxygen atoms in total. The van der Waals surface area contributed by atoms with Crippen LogP contribution in [0.5, 0.6) is 5.75 Å². The van der Waals surface area contributed by atoms with Gasteiger partial charge >= 0.3 is 23.1 Å². The van der Waals surface area contributed by atoms with Gasteiger partial charge in [0.25, 0.3) is 0 Å². The van der Waals surface area contributed by atoms with Crippen LogP contribution in [-0.4, -0.2) is 59.0 Å². The lowest BCUT2D eigenvalue weighted by Gasteiger charge is -2.55. The molecule has 208 valence electrons. The van der Waals surface area contributed by atoms with Crippen molar-refractivity contribution in [2.24, 2.45) is 0 Å². The Morgan fingerprint density at radius 2 is 1.51 bits per heavy atom. The summed E-state index contributed by atoms with van der Waals surface area (Å²) in [6.07, 6.45) is 2.58. The van der Waals surface area contributed by atoms with Crippen LogP contribution in [-0.2, 0) is 17.7 Å². The lowest BCUT2D eigenvalue weighted by atomic mass is 9.94. The fraction of sp³-hybridized carbons (Fsp3) is 0.750. The molecule has 0 amide bonds. The topological polar surface area (TPSA) is 63.2 Å². The molecule has 1 saturated carbocycles. The summed E-state index contributed by atoms with van der Waals surface area (Å²) >= 11 is 1.91. The fourth-order valence-corrected chi connectivity index (χ4v) is 19.9. The third kappa shape index (κ3) is 4.97. The van der Waals surface area contributed by atoms with Gasteiger partial charge in [-0.05, 0) is 65.7 Å². The predicted octanol–water partition coefficient (Wildman–Crippen LogP) is 7.22. The van der Waals surface area contributed by atoms with E-state index in [1.54, 1.807) is 31.4 Å². The van der Waals surface area contributed by atoms with Crippen LogP contribution in [0, 0.1) is 0 Å². The molecular formula is C28H46O6SSi2. The van der Waals surface area contributed by atoms with Gasteiger partial charge in [-0.25, -0.2) is 4.79 Å². The maximum atomic E-state index is 13.3. The molecule has 4 rings (SSSR count). The number of rotatable bonds is 7. The van der Waals surface area contributed by atoms with Crippen molar-refractivity contribution in [1.29, 1.82) is 0 Å². The molecule has 1 aliphatic carbocycles. The quantitative estimate of drug-likeness (QED) is 0.255. The minimum atomic E-state index is -2.80. The van der Waals surface area contributed by atoms with Crippen molar-refractivity contribution in [1.82, 2.24) is 0 Å². The van der Waals surface area contributed by atoms with Crippen molar-refractivity contribution in [3.8, 4) is 5.75 Å². The van der Waals surface area contributed by atoms with Crippen molar-refractivity contribution < 1.29 is 27.2 Å². The van der Waals surface area contributed by atoms with Crippen LogP contribution in [0.4, 0.5) is 0 Å². The van der Waals surface area contributed by atoms with Crippen molar-refractivity contribution in [2.45, 2.75) is 120 Å². The summed E-state index contributed by atoms with van der Waals surface area (Å²) in [5.41, 5.74) is 1.61. The predicted molar refractivity (Wildman–Crippen MR) is 154 cm³/mol. The van der Waals surface area contributed by atoms with Crippen LogP contribution in [0.15, 0.2) is 24.3 Å². The van der Waals surface area contributed by atoms with Gasteiger partial charge in [0.15, 0.2) is 0 Å². The highest BCUT2D eigenvalue weighted by atomic mass is 32.2. The fourth-order valence-electron chi connectivity index (χ4n) is 6.61. The molecule has 0 aromatic heterocycles. The lowest BCUT2D eigenvalue weighted by molar-refractivity contribution is -0.0483. The molecule has 1 aromatic rings. The maximum absolute atomic E-state index is 13.3. The van der Waals surface area contributed by atoms with Crippen LogP contribution < -0.4 is 4.74 Å². The third-order valence-corrected chi connectivity index (χ3v) is 20.7. The summed E-state index contributed by atoms with van der Waals surface area (Å²) in [6, 6.07) is 7.10. The zero-order chi connectivity index (χ0) is 27.2. The number of hydrogen-bond acceptors (Lipinski definition) is 7. The Morgan fingerprint density at radius 1 is 0.946 bits per heavy atom. The molecule has 0 N–H and O–H groups in total. The van der Waals surface area contributed by atoms with Gasteiger partial charge in [0, 0.05) is 5.75 Å². The first-order valence-electron chi connectivity index (χ1n) is 14.0. The normalized spacial score (nSPS) is 30.8. The molecule has 4 atom stereocenters. The van der Waals surface area contributed by atoms with Gasteiger partial charge in [-0.15, -0.1) is 11.8 Å². The molecule has 9 heteroatoms. The van der Waals surface area contributed by atoms with Crippen LogP contribution >= 0.6 is 11.8 Å². The van der Waals surface area contributed by atoms with E-state index in [2.05, 4.69) is 55.4 Å². The highest BCUT2D eigenvalue weighted by Gasteiger charge is 2.68. The largest absolute Gasteiger partial charge is 0.497 e. The van der Waals surface area contributed by atoms with Gasteiger partial charge in [0.1, 0.15) is 18.0 Å². The molecule has 3 aliphatic rings. The van der Waals surface area contributed by atoms with Gasteiger partial charge < -0.3 is 22.4 Å². The van der Waals surface area contributed by atoms with E-state index in [9.17, 15) is 4.79 Å².